The average molecular weight is 442 g/mol. The zero-order valence-corrected chi connectivity index (χ0v) is 18.5. The second kappa shape index (κ2) is 11.4. The van der Waals surface area contributed by atoms with Crippen molar-refractivity contribution in [3.05, 3.63) is 65.7 Å². The van der Waals surface area contributed by atoms with Crippen molar-refractivity contribution in [3.63, 3.8) is 0 Å². The molecule has 3 rings (SSSR count). The Morgan fingerprint density at radius 2 is 1.90 bits per heavy atom. The van der Waals surface area contributed by atoms with Crippen LogP contribution in [0.25, 0.3) is 6.08 Å². The van der Waals surface area contributed by atoms with E-state index in [2.05, 4.69) is 39.8 Å². The zero-order chi connectivity index (χ0) is 21.2. The van der Waals surface area contributed by atoms with Gasteiger partial charge in [-0.3, -0.25) is 10.1 Å². The number of nitrogens with one attached hydrogen (secondary N) is 1. The predicted molar refractivity (Wildman–Crippen MR) is 123 cm³/mol. The van der Waals surface area contributed by atoms with E-state index < -0.39 is 0 Å². The molecule has 156 valence electrons. The predicted octanol–water partition coefficient (Wildman–Crippen LogP) is 4.93. The van der Waals surface area contributed by atoms with Gasteiger partial charge in [-0.05, 0) is 42.2 Å². The highest BCUT2D eigenvalue weighted by molar-refractivity contribution is 8.01. The van der Waals surface area contributed by atoms with Crippen molar-refractivity contribution in [1.82, 2.24) is 10.2 Å². The number of carbonyl (C=O) groups is 1. The Hall–Kier alpha value is -2.84. The van der Waals surface area contributed by atoms with E-state index in [1.807, 2.05) is 12.1 Å². The number of methoxy groups -OCH3 is 2. The molecule has 1 N–H and O–H groups in total. The smallest absolute Gasteiger partial charge is 0.250 e. The summed E-state index contributed by atoms with van der Waals surface area (Å²) in [4.78, 5) is 12.2. The summed E-state index contributed by atoms with van der Waals surface area (Å²) in [5, 5.41) is 11.4. The van der Waals surface area contributed by atoms with Crippen LogP contribution in [0.15, 0.2) is 58.9 Å². The first-order valence-electron chi connectivity index (χ1n) is 9.39. The van der Waals surface area contributed by atoms with Gasteiger partial charge in [-0.1, -0.05) is 59.5 Å². The molecule has 0 saturated heterocycles. The lowest BCUT2D eigenvalue weighted by Crippen LogP contribution is -2.07. The van der Waals surface area contributed by atoms with Gasteiger partial charge in [-0.25, -0.2) is 0 Å². The van der Waals surface area contributed by atoms with Crippen molar-refractivity contribution in [2.45, 2.75) is 17.2 Å². The van der Waals surface area contributed by atoms with Crippen LogP contribution in [-0.2, 0) is 11.2 Å². The van der Waals surface area contributed by atoms with Crippen molar-refractivity contribution in [2.24, 2.45) is 0 Å². The average Bonchev–Trinajstić information content (AvgIpc) is 3.22. The molecule has 6 nitrogen and oxygen atoms in total. The Balaban J connectivity index is 1.45. The van der Waals surface area contributed by atoms with Crippen LogP contribution in [0.5, 0.6) is 11.5 Å². The number of anilines is 1. The van der Waals surface area contributed by atoms with Gasteiger partial charge in [0.1, 0.15) is 0 Å². The summed E-state index contributed by atoms with van der Waals surface area (Å²) in [7, 11) is 3.16. The van der Waals surface area contributed by atoms with Crippen LogP contribution >= 0.6 is 23.1 Å². The Morgan fingerprint density at radius 3 is 2.67 bits per heavy atom. The number of benzene rings is 2. The van der Waals surface area contributed by atoms with Crippen LogP contribution < -0.4 is 14.8 Å². The van der Waals surface area contributed by atoms with Crippen LogP contribution in [-0.4, -0.2) is 36.1 Å². The first-order chi connectivity index (χ1) is 14.7. The first-order valence-corrected chi connectivity index (χ1v) is 11.2. The minimum atomic E-state index is -0.262. The van der Waals surface area contributed by atoms with Crippen molar-refractivity contribution in [1.29, 1.82) is 0 Å². The molecule has 1 heterocycles. The Morgan fingerprint density at radius 1 is 1.10 bits per heavy atom. The van der Waals surface area contributed by atoms with Gasteiger partial charge in [-0.15, -0.1) is 10.2 Å². The quantitative estimate of drug-likeness (QED) is 0.208. The Bertz CT molecular complexity index is 990. The number of ether oxygens (including phenoxy) is 2. The molecule has 0 aliphatic heterocycles. The summed E-state index contributed by atoms with van der Waals surface area (Å²) in [6.45, 7) is 0. The number of aryl methyl sites for hydroxylation is 1. The molecule has 0 unspecified atom stereocenters. The third kappa shape index (κ3) is 6.60. The van der Waals surface area contributed by atoms with Gasteiger partial charge in [0.25, 0.3) is 0 Å². The summed E-state index contributed by atoms with van der Waals surface area (Å²) >= 11 is 3.03. The van der Waals surface area contributed by atoms with Crippen molar-refractivity contribution < 1.29 is 14.3 Å². The van der Waals surface area contributed by atoms with E-state index in [1.165, 1.54) is 23.0 Å². The Labute approximate surface area is 184 Å². The normalized spacial score (nSPS) is 10.9. The number of nitrogens with zero attached hydrogens (tertiary/aromatic N) is 2. The Kier molecular flexibility index (Phi) is 8.29. The monoisotopic (exact) mass is 441 g/mol. The van der Waals surface area contributed by atoms with Crippen LogP contribution in [0.1, 0.15) is 17.5 Å². The minimum absolute atomic E-state index is 0.262. The fourth-order valence-corrected chi connectivity index (χ4v) is 4.44. The fraction of sp³-hybridized carbons (Fsp3) is 0.227. The van der Waals surface area contributed by atoms with Crippen LogP contribution in [0.4, 0.5) is 5.13 Å². The molecule has 0 aliphatic carbocycles. The molecule has 0 atom stereocenters. The largest absolute Gasteiger partial charge is 0.493 e. The highest BCUT2D eigenvalue weighted by atomic mass is 32.2. The minimum Gasteiger partial charge on any atom is -0.493 e. The maximum absolute atomic E-state index is 12.2. The third-order valence-corrected chi connectivity index (χ3v) is 6.21. The van der Waals surface area contributed by atoms with Crippen LogP contribution in [0, 0.1) is 0 Å². The molecular formula is C22H23N3O3S2. The van der Waals surface area contributed by atoms with Gasteiger partial charge in [0.2, 0.25) is 11.0 Å². The number of thioether (sulfide) groups is 1. The topological polar surface area (TPSA) is 73.3 Å². The van der Waals surface area contributed by atoms with Crippen LogP contribution in [0.3, 0.4) is 0 Å². The molecule has 3 aromatic rings. The first kappa shape index (κ1) is 21.9. The summed E-state index contributed by atoms with van der Waals surface area (Å²) in [6.07, 6.45) is 5.26. The molecule has 2 aromatic carbocycles. The number of hydrogen-bond donors (Lipinski definition) is 1. The van der Waals surface area contributed by atoms with Crippen LogP contribution in [0.2, 0.25) is 0 Å². The zero-order valence-electron chi connectivity index (χ0n) is 16.8. The van der Waals surface area contributed by atoms with Gasteiger partial charge in [0.05, 0.1) is 14.2 Å². The van der Waals surface area contributed by atoms with Crippen molar-refractivity contribution >= 4 is 40.2 Å². The molecule has 8 heteroatoms. The number of carbonyl (C=O) groups excluding carboxylic acids is 1. The number of hydrogen-bond acceptors (Lipinski definition) is 7. The van der Waals surface area contributed by atoms with E-state index >= 15 is 0 Å². The molecule has 30 heavy (non-hydrogen) atoms. The fourth-order valence-electron chi connectivity index (χ4n) is 2.67. The van der Waals surface area contributed by atoms with E-state index in [-0.39, 0.29) is 5.91 Å². The maximum atomic E-state index is 12.2. The molecule has 1 aromatic heterocycles. The van der Waals surface area contributed by atoms with Gasteiger partial charge in [-0.2, -0.15) is 0 Å². The lowest BCUT2D eigenvalue weighted by molar-refractivity contribution is -0.111. The summed E-state index contributed by atoms with van der Waals surface area (Å²) in [5.41, 5.74) is 2.17. The van der Waals surface area contributed by atoms with Crippen molar-refractivity contribution in [2.75, 3.05) is 25.3 Å². The van der Waals surface area contributed by atoms with Gasteiger partial charge >= 0.3 is 0 Å². The highest BCUT2D eigenvalue weighted by Gasteiger charge is 2.07. The summed E-state index contributed by atoms with van der Waals surface area (Å²) in [5.74, 6) is 1.94. The summed E-state index contributed by atoms with van der Waals surface area (Å²) in [6, 6.07) is 15.9. The second-order valence-electron chi connectivity index (χ2n) is 6.25. The molecule has 0 aliphatic rings. The van der Waals surface area contributed by atoms with Gasteiger partial charge in [0.15, 0.2) is 15.8 Å². The molecule has 0 radical (unpaired) electrons. The number of rotatable bonds is 10. The van der Waals surface area contributed by atoms with E-state index in [9.17, 15) is 4.79 Å². The van der Waals surface area contributed by atoms with E-state index in [1.54, 1.807) is 44.2 Å². The molecule has 0 saturated carbocycles. The number of amides is 1. The van der Waals surface area contributed by atoms with E-state index in [0.29, 0.717) is 16.6 Å². The van der Waals surface area contributed by atoms with E-state index in [4.69, 9.17) is 9.47 Å². The molecule has 0 spiro atoms. The third-order valence-electron chi connectivity index (χ3n) is 4.15. The molecule has 0 fully saturated rings. The molecule has 0 bridgehead atoms. The van der Waals surface area contributed by atoms with Gasteiger partial charge < -0.3 is 9.47 Å². The summed E-state index contributed by atoms with van der Waals surface area (Å²) < 4.78 is 11.3. The van der Waals surface area contributed by atoms with E-state index in [0.717, 1.165) is 28.5 Å². The SMILES string of the molecule is COc1ccc(/C=C/C(=O)Nc2nnc(SCCCc3ccccc3)s2)cc1OC. The maximum Gasteiger partial charge on any atom is 0.250 e. The number of aromatic nitrogens is 2. The second-order valence-corrected chi connectivity index (χ2v) is 8.57. The standard InChI is InChI=1S/C22H23N3O3S2/c1-27-18-12-10-17(15-19(18)28-2)11-13-20(26)23-21-24-25-22(30-21)29-14-6-9-16-7-4-3-5-8-16/h3-5,7-8,10-13,15H,6,9,14H2,1-2H3,(H,23,24,26)/b13-11+. The molecular weight excluding hydrogens is 418 g/mol. The highest BCUT2D eigenvalue weighted by Crippen LogP contribution is 2.28. The molecule has 1 amide bonds. The lowest BCUT2D eigenvalue weighted by Gasteiger charge is -2.07. The van der Waals surface area contributed by atoms with Gasteiger partial charge in [0, 0.05) is 11.8 Å². The lowest BCUT2D eigenvalue weighted by atomic mass is 10.1. The van der Waals surface area contributed by atoms with Crippen molar-refractivity contribution in [3.8, 4) is 11.5 Å².